The Morgan fingerprint density at radius 3 is 0.778 bits per heavy atom. The topological polar surface area (TPSA) is 29.5 Å². The van der Waals surface area contributed by atoms with Crippen LogP contribution in [0.2, 0.25) is 78.6 Å². The number of rotatable bonds is 2. The van der Waals surface area contributed by atoms with Crippen molar-refractivity contribution in [3.63, 3.8) is 0 Å². The lowest BCUT2D eigenvalue weighted by molar-refractivity contribution is 0.558. The van der Waals surface area contributed by atoms with Gasteiger partial charge in [0.05, 0.1) is 0 Å². The Morgan fingerprint density at radius 1 is 0.667 bits per heavy atom. The zero-order valence-corrected chi connectivity index (χ0v) is 19.1. The summed E-state index contributed by atoms with van der Waals surface area (Å²) in [5.41, 5.74) is 0. The van der Waals surface area contributed by atoms with Crippen LogP contribution in [0.25, 0.3) is 0 Å². The summed E-state index contributed by atoms with van der Waals surface area (Å²) in [4.78, 5) is 8.66. The quantitative estimate of drug-likeness (QED) is 0.752. The Morgan fingerprint density at radius 2 is 0.778 bits per heavy atom. The molecule has 2 nitrogen and oxygen atoms in total. The summed E-state index contributed by atoms with van der Waals surface area (Å²) < 4.78 is 5.90. The summed E-state index contributed by atoms with van der Waals surface area (Å²) in [6, 6.07) is 0. The van der Waals surface area contributed by atoms with Crippen molar-refractivity contribution in [2.24, 2.45) is 0 Å². The number of hydrogen-bond acceptors (Lipinski definition) is 2. The molecule has 0 fully saturated rings. The molecule has 0 heterocycles. The lowest BCUT2D eigenvalue weighted by atomic mass is 11.8. The highest BCUT2D eigenvalue weighted by Gasteiger charge is 2.24. The molecule has 1 N–H and O–H groups in total. The van der Waals surface area contributed by atoms with Gasteiger partial charge >= 0.3 is 0 Å². The van der Waals surface area contributed by atoms with Gasteiger partial charge in [-0.2, -0.15) is 0 Å². The molecule has 0 radical (unpaired) electrons. The van der Waals surface area contributed by atoms with Crippen LogP contribution in [0.3, 0.4) is 0 Å². The van der Waals surface area contributed by atoms with Gasteiger partial charge in [0.25, 0.3) is 0 Å². The molecule has 0 aliphatic rings. The summed E-state index contributed by atoms with van der Waals surface area (Å²) in [6.07, 6.45) is 0. The first-order valence-corrected chi connectivity index (χ1v) is 20.6. The predicted molar refractivity (Wildman–Crippen MR) is 98.1 cm³/mol. The molecule has 0 bridgehead atoms. The van der Waals surface area contributed by atoms with Crippen molar-refractivity contribution in [2.75, 3.05) is 0 Å². The molecule has 0 saturated heterocycles. The monoisotopic (exact) mass is 326 g/mol. The largest absolute Gasteiger partial charge is 0.456 e. The van der Waals surface area contributed by atoms with Gasteiger partial charge in [0.15, 0.2) is 25.0 Å². The zero-order chi connectivity index (χ0) is 15.8. The van der Waals surface area contributed by atoms with Gasteiger partial charge in [-0.1, -0.05) is 19.6 Å². The maximum Gasteiger partial charge on any atom is 0.179 e. The van der Waals surface area contributed by atoms with E-state index in [4.69, 9.17) is 8.91 Å². The van der Waals surface area contributed by atoms with Crippen molar-refractivity contribution < 1.29 is 8.91 Å². The van der Waals surface area contributed by atoms with E-state index in [0.717, 1.165) is 0 Å². The van der Waals surface area contributed by atoms with E-state index >= 15 is 0 Å². The first-order chi connectivity index (χ1) is 7.44. The third-order valence-electron chi connectivity index (χ3n) is 0.612. The Labute approximate surface area is 121 Å². The minimum atomic E-state index is -1.61. The molecular weight excluding hydrogens is 288 g/mol. The summed E-state index contributed by atoms with van der Waals surface area (Å²) in [6.45, 7) is 26.0. The standard InChI is InChI=1S/C6H18OSi2.C3H10OSi.C3H10Si/c1-8(2,3)7-9(4,5)6;1-5(2,3)4;1-4(2)3/h1-6H3;4H,1-3H3;4H,1-3H3. The molecule has 0 aromatic rings. The molecule has 0 unspecified atom stereocenters. The normalized spacial score (nSPS) is 12.3. The second kappa shape index (κ2) is 9.65. The highest BCUT2D eigenvalue weighted by molar-refractivity contribution is 6.83. The molecule has 0 saturated carbocycles. The smallest absolute Gasteiger partial charge is 0.179 e. The van der Waals surface area contributed by atoms with Crippen LogP contribution in [-0.2, 0) is 4.12 Å². The molecule has 0 amide bonds. The molecule has 0 aliphatic carbocycles. The van der Waals surface area contributed by atoms with Crippen LogP contribution in [-0.4, -0.2) is 38.5 Å². The van der Waals surface area contributed by atoms with Crippen LogP contribution in [0.1, 0.15) is 0 Å². The Balaban J connectivity index is -0.000000212. The van der Waals surface area contributed by atoms with Crippen LogP contribution >= 0.6 is 0 Å². The maximum atomic E-state index is 8.66. The van der Waals surface area contributed by atoms with Gasteiger partial charge < -0.3 is 8.91 Å². The van der Waals surface area contributed by atoms with Crippen LogP contribution in [0.4, 0.5) is 0 Å². The van der Waals surface area contributed by atoms with Gasteiger partial charge in [0.1, 0.15) is 0 Å². The summed E-state index contributed by atoms with van der Waals surface area (Å²) in [5.74, 6) is 0. The molecule has 0 spiro atoms. The Hall–Kier alpha value is 0.788. The minimum Gasteiger partial charge on any atom is -0.456 e. The molecular formula is C12H38O2Si4. The van der Waals surface area contributed by atoms with E-state index in [1.165, 1.54) is 0 Å². The van der Waals surface area contributed by atoms with E-state index in [1.807, 2.05) is 19.6 Å². The van der Waals surface area contributed by atoms with Crippen molar-refractivity contribution in [3.05, 3.63) is 0 Å². The average Bonchev–Trinajstić information content (AvgIpc) is 1.67. The predicted octanol–water partition coefficient (Wildman–Crippen LogP) is 4.59. The molecule has 0 atom stereocenters. The van der Waals surface area contributed by atoms with Gasteiger partial charge in [-0.3, -0.25) is 0 Å². The molecule has 0 rings (SSSR count). The third kappa shape index (κ3) is 90.8. The first kappa shape index (κ1) is 23.8. The van der Waals surface area contributed by atoms with E-state index in [2.05, 4.69) is 58.9 Å². The molecule has 0 aromatic carbocycles. The summed E-state index contributed by atoms with van der Waals surface area (Å²) >= 11 is 0. The lowest BCUT2D eigenvalue weighted by Crippen LogP contribution is -2.39. The van der Waals surface area contributed by atoms with E-state index in [1.54, 1.807) is 0 Å². The molecule has 114 valence electrons. The van der Waals surface area contributed by atoms with Crippen molar-refractivity contribution in [3.8, 4) is 0 Å². The van der Waals surface area contributed by atoms with Crippen LogP contribution in [0, 0.1) is 0 Å². The van der Waals surface area contributed by atoms with E-state index < -0.39 is 25.0 Å². The average molecular weight is 327 g/mol. The lowest BCUT2D eigenvalue weighted by Gasteiger charge is -2.27. The van der Waals surface area contributed by atoms with Gasteiger partial charge in [0, 0.05) is 8.80 Å². The first-order valence-electron chi connectivity index (χ1n) is 6.86. The Kier molecular flexibility index (Phi) is 12.8. The van der Waals surface area contributed by atoms with Gasteiger partial charge in [-0.15, -0.1) is 0 Å². The zero-order valence-electron chi connectivity index (χ0n) is 14.9. The third-order valence-corrected chi connectivity index (χ3v) is 5.51. The van der Waals surface area contributed by atoms with Crippen molar-refractivity contribution in [2.45, 2.75) is 78.6 Å². The number of hydrogen-bond donors (Lipinski definition) is 1. The second-order valence-corrected chi connectivity index (χ2v) is 25.3. The minimum absolute atomic E-state index is 0.139. The molecule has 6 heteroatoms. The van der Waals surface area contributed by atoms with E-state index in [9.17, 15) is 0 Å². The highest BCUT2D eigenvalue weighted by Crippen LogP contribution is 2.12. The molecule has 0 aromatic heterocycles. The van der Waals surface area contributed by atoms with Gasteiger partial charge in [-0.25, -0.2) is 0 Å². The molecule has 18 heavy (non-hydrogen) atoms. The fraction of sp³-hybridized carbons (Fsp3) is 1.00. The van der Waals surface area contributed by atoms with Crippen molar-refractivity contribution in [1.82, 2.24) is 0 Å². The van der Waals surface area contributed by atoms with E-state index in [0.29, 0.717) is 0 Å². The van der Waals surface area contributed by atoms with Gasteiger partial charge in [0.2, 0.25) is 0 Å². The maximum absolute atomic E-state index is 8.66. The van der Waals surface area contributed by atoms with Crippen LogP contribution in [0.15, 0.2) is 0 Å². The molecule has 0 aliphatic heterocycles. The van der Waals surface area contributed by atoms with Crippen LogP contribution in [0.5, 0.6) is 0 Å². The van der Waals surface area contributed by atoms with Crippen LogP contribution < -0.4 is 0 Å². The highest BCUT2D eigenvalue weighted by atomic mass is 28.4. The Bertz CT molecular complexity index is 167. The SMILES string of the molecule is C[SiH](C)C.C[Si](C)(C)O.C[Si](C)(C)O[Si](C)(C)C. The fourth-order valence-electron chi connectivity index (χ4n) is 0.919. The second-order valence-electron chi connectivity index (χ2n) is 8.23. The van der Waals surface area contributed by atoms with Gasteiger partial charge in [-0.05, 0) is 58.9 Å². The van der Waals surface area contributed by atoms with E-state index in [-0.39, 0.29) is 8.80 Å². The van der Waals surface area contributed by atoms with Crippen molar-refractivity contribution in [1.29, 1.82) is 0 Å². The summed E-state index contributed by atoms with van der Waals surface area (Å²) in [7, 11) is -4.21. The van der Waals surface area contributed by atoms with Crippen molar-refractivity contribution >= 4 is 33.7 Å². The fourth-order valence-corrected chi connectivity index (χ4v) is 8.27. The summed E-state index contributed by atoms with van der Waals surface area (Å²) in [5, 5.41) is 0.